The fourth-order valence-corrected chi connectivity index (χ4v) is 2.98. The largest absolute Gasteiger partial charge is 0.494 e. The Balaban J connectivity index is 2.21. The number of thiazole rings is 1. The van der Waals surface area contributed by atoms with Gasteiger partial charge in [-0.25, -0.2) is 0 Å². The van der Waals surface area contributed by atoms with Crippen LogP contribution in [0.4, 0.5) is 0 Å². The van der Waals surface area contributed by atoms with Crippen LogP contribution in [0.15, 0.2) is 24.3 Å². The van der Waals surface area contributed by atoms with Gasteiger partial charge in [-0.3, -0.25) is 0 Å². The first-order valence-corrected chi connectivity index (χ1v) is 7.36. The van der Waals surface area contributed by atoms with Crippen molar-refractivity contribution in [3.05, 3.63) is 33.9 Å². The number of aromatic nitrogens is 1. The fourth-order valence-electron chi connectivity index (χ4n) is 1.74. The van der Waals surface area contributed by atoms with Gasteiger partial charge in [0.15, 0.2) is 3.95 Å². The van der Waals surface area contributed by atoms with Gasteiger partial charge in [-0.05, 0) is 43.3 Å². The van der Waals surface area contributed by atoms with Crippen molar-refractivity contribution in [2.24, 2.45) is 0 Å². The first-order chi connectivity index (χ1) is 8.70. The summed E-state index contributed by atoms with van der Waals surface area (Å²) in [5, 5.41) is 0. The molecule has 0 aliphatic carbocycles. The number of aromatic amines is 1. The van der Waals surface area contributed by atoms with Gasteiger partial charge in [0.05, 0.1) is 11.5 Å². The number of aryl methyl sites for hydroxylation is 1. The third-order valence-corrected chi connectivity index (χ3v) is 4.07. The van der Waals surface area contributed by atoms with Crippen LogP contribution in [0.3, 0.4) is 0 Å². The first kappa shape index (κ1) is 13.3. The van der Waals surface area contributed by atoms with E-state index in [2.05, 4.69) is 24.0 Å². The minimum atomic E-state index is 0.780. The number of ether oxygens (including phenoxy) is 1. The van der Waals surface area contributed by atoms with Gasteiger partial charge in [0.25, 0.3) is 0 Å². The second-order valence-electron chi connectivity index (χ2n) is 4.20. The van der Waals surface area contributed by atoms with E-state index in [-0.39, 0.29) is 0 Å². The van der Waals surface area contributed by atoms with Crippen molar-refractivity contribution in [3.63, 3.8) is 0 Å². The van der Waals surface area contributed by atoms with Crippen LogP contribution in [0, 0.1) is 10.9 Å². The van der Waals surface area contributed by atoms with Crippen LogP contribution in [0.2, 0.25) is 0 Å². The zero-order chi connectivity index (χ0) is 13.0. The molecular formula is C14H17NOS2. The minimum Gasteiger partial charge on any atom is -0.494 e. The molecule has 18 heavy (non-hydrogen) atoms. The molecule has 1 aromatic carbocycles. The average Bonchev–Trinajstić information content (AvgIpc) is 2.69. The number of nitrogens with one attached hydrogen (secondary N) is 1. The summed E-state index contributed by atoms with van der Waals surface area (Å²) in [4.78, 5) is 4.37. The first-order valence-electron chi connectivity index (χ1n) is 6.13. The Labute approximate surface area is 117 Å². The summed E-state index contributed by atoms with van der Waals surface area (Å²) in [5.41, 5.74) is 2.29. The lowest BCUT2D eigenvalue weighted by molar-refractivity contribution is 0.309. The lowest BCUT2D eigenvalue weighted by Gasteiger charge is -2.07. The van der Waals surface area contributed by atoms with Crippen LogP contribution < -0.4 is 4.74 Å². The van der Waals surface area contributed by atoms with Crippen LogP contribution in [0.25, 0.3) is 10.4 Å². The highest BCUT2D eigenvalue weighted by Gasteiger charge is 2.06. The van der Waals surface area contributed by atoms with Gasteiger partial charge >= 0.3 is 0 Å². The van der Waals surface area contributed by atoms with E-state index in [0.29, 0.717) is 0 Å². The molecule has 0 fully saturated rings. The molecule has 1 aromatic heterocycles. The van der Waals surface area contributed by atoms with Gasteiger partial charge in [0.1, 0.15) is 5.75 Å². The van der Waals surface area contributed by atoms with E-state index in [1.54, 1.807) is 11.3 Å². The van der Waals surface area contributed by atoms with Crippen LogP contribution in [0.5, 0.6) is 5.75 Å². The monoisotopic (exact) mass is 279 g/mol. The molecule has 1 N–H and O–H groups in total. The topological polar surface area (TPSA) is 25.0 Å². The highest BCUT2D eigenvalue weighted by atomic mass is 32.1. The van der Waals surface area contributed by atoms with Gasteiger partial charge in [-0.2, -0.15) is 0 Å². The van der Waals surface area contributed by atoms with E-state index >= 15 is 0 Å². The Morgan fingerprint density at radius 3 is 2.89 bits per heavy atom. The highest BCUT2D eigenvalue weighted by molar-refractivity contribution is 7.73. The maximum absolute atomic E-state index is 5.72. The SMILES string of the molecule is CCCCOc1cccc(-c2sc(=S)[nH]c2C)c1. The summed E-state index contributed by atoms with van der Waals surface area (Å²) in [7, 11) is 0. The number of rotatable bonds is 5. The quantitative estimate of drug-likeness (QED) is 0.618. The van der Waals surface area contributed by atoms with E-state index < -0.39 is 0 Å². The van der Waals surface area contributed by atoms with Crippen molar-refractivity contribution in [2.75, 3.05) is 6.61 Å². The van der Waals surface area contributed by atoms with E-state index in [1.807, 2.05) is 19.1 Å². The maximum Gasteiger partial charge on any atom is 0.159 e. The lowest BCUT2D eigenvalue weighted by Crippen LogP contribution is -1.96. The Morgan fingerprint density at radius 2 is 2.22 bits per heavy atom. The molecule has 0 atom stereocenters. The third kappa shape index (κ3) is 3.21. The molecule has 0 saturated heterocycles. The van der Waals surface area contributed by atoms with Crippen LogP contribution in [-0.4, -0.2) is 11.6 Å². The fraction of sp³-hybridized carbons (Fsp3) is 0.357. The molecule has 0 saturated carbocycles. The molecule has 0 aliphatic heterocycles. The Kier molecular flexibility index (Phi) is 4.55. The molecule has 0 radical (unpaired) electrons. The predicted octanol–water partition coefficient (Wildman–Crippen LogP) is 4.96. The standard InChI is InChI=1S/C14H17NOS2/c1-3-4-8-16-12-7-5-6-11(9-12)13-10(2)15-14(17)18-13/h5-7,9H,3-4,8H2,1-2H3,(H,15,17). The minimum absolute atomic E-state index is 0.780. The maximum atomic E-state index is 5.72. The Bertz CT molecular complexity index is 571. The van der Waals surface area contributed by atoms with Crippen molar-refractivity contribution in [3.8, 4) is 16.2 Å². The smallest absolute Gasteiger partial charge is 0.159 e. The number of hydrogen-bond acceptors (Lipinski definition) is 3. The average molecular weight is 279 g/mol. The normalized spacial score (nSPS) is 10.6. The molecule has 4 heteroatoms. The molecule has 2 rings (SSSR count). The van der Waals surface area contributed by atoms with Crippen LogP contribution in [0.1, 0.15) is 25.5 Å². The Hall–Kier alpha value is -1.13. The number of benzene rings is 1. The summed E-state index contributed by atoms with van der Waals surface area (Å²) in [6.45, 7) is 4.99. The van der Waals surface area contributed by atoms with Gasteiger partial charge in [-0.15, -0.1) is 11.3 Å². The Morgan fingerprint density at radius 1 is 1.39 bits per heavy atom. The molecule has 2 aromatic rings. The van der Waals surface area contributed by atoms with Gasteiger partial charge in [0.2, 0.25) is 0 Å². The predicted molar refractivity (Wildman–Crippen MR) is 80.1 cm³/mol. The summed E-state index contributed by atoms with van der Waals surface area (Å²) < 4.78 is 6.54. The summed E-state index contributed by atoms with van der Waals surface area (Å²) in [6.07, 6.45) is 2.24. The van der Waals surface area contributed by atoms with Crippen LogP contribution in [-0.2, 0) is 0 Å². The van der Waals surface area contributed by atoms with Crippen molar-refractivity contribution >= 4 is 23.6 Å². The van der Waals surface area contributed by atoms with Gasteiger partial charge < -0.3 is 9.72 Å². The molecule has 0 bridgehead atoms. The molecule has 0 unspecified atom stereocenters. The summed E-state index contributed by atoms with van der Waals surface area (Å²) in [5.74, 6) is 0.930. The lowest BCUT2D eigenvalue weighted by atomic mass is 10.1. The van der Waals surface area contributed by atoms with E-state index in [4.69, 9.17) is 17.0 Å². The van der Waals surface area contributed by atoms with Crippen LogP contribution >= 0.6 is 23.6 Å². The van der Waals surface area contributed by atoms with Crippen molar-refractivity contribution in [2.45, 2.75) is 26.7 Å². The van der Waals surface area contributed by atoms with Crippen molar-refractivity contribution < 1.29 is 4.74 Å². The number of hydrogen-bond donors (Lipinski definition) is 1. The second kappa shape index (κ2) is 6.16. The van der Waals surface area contributed by atoms with E-state index in [9.17, 15) is 0 Å². The molecule has 96 valence electrons. The summed E-state index contributed by atoms with van der Waals surface area (Å²) >= 11 is 6.78. The van der Waals surface area contributed by atoms with E-state index in [0.717, 1.165) is 34.8 Å². The van der Waals surface area contributed by atoms with E-state index in [1.165, 1.54) is 10.4 Å². The summed E-state index contributed by atoms with van der Waals surface area (Å²) in [6, 6.07) is 8.20. The number of unbranched alkanes of at least 4 members (excludes halogenated alkanes) is 1. The van der Waals surface area contributed by atoms with Crippen molar-refractivity contribution in [1.29, 1.82) is 0 Å². The molecule has 0 spiro atoms. The van der Waals surface area contributed by atoms with Gasteiger partial charge in [0, 0.05) is 5.69 Å². The zero-order valence-electron chi connectivity index (χ0n) is 10.7. The second-order valence-corrected chi connectivity index (χ2v) is 5.89. The molecule has 1 heterocycles. The molecule has 0 amide bonds. The molecular weight excluding hydrogens is 262 g/mol. The zero-order valence-corrected chi connectivity index (χ0v) is 12.3. The van der Waals surface area contributed by atoms with Gasteiger partial charge in [-0.1, -0.05) is 25.5 Å². The molecule has 0 aliphatic rings. The number of H-pyrrole nitrogens is 1. The highest BCUT2D eigenvalue weighted by Crippen LogP contribution is 2.30. The third-order valence-electron chi connectivity index (χ3n) is 2.69. The molecule has 2 nitrogen and oxygen atoms in total. The van der Waals surface area contributed by atoms with Crippen molar-refractivity contribution in [1.82, 2.24) is 4.98 Å².